The van der Waals surface area contributed by atoms with Crippen LogP contribution in [0.5, 0.6) is 0 Å². The summed E-state index contributed by atoms with van der Waals surface area (Å²) in [5.41, 5.74) is 0. The van der Waals surface area contributed by atoms with Gasteiger partial charge in [0, 0.05) is 27.1 Å². The zero-order valence-electron chi connectivity index (χ0n) is 7.10. The van der Waals surface area contributed by atoms with E-state index in [1.165, 1.54) is 14.2 Å². The number of hydrogen-bond donors (Lipinski definition) is 1. The highest BCUT2D eigenvalue weighted by atomic mass is 16.7. The number of aliphatic hydroxyl groups is 1. The topological polar surface area (TPSA) is 81.8 Å². The fourth-order valence-corrected chi connectivity index (χ4v) is 0.722. The van der Waals surface area contributed by atoms with Gasteiger partial charge < -0.3 is 14.6 Å². The number of methoxy groups -OCH3 is 2. The maximum Gasteiger partial charge on any atom is 0.313 e. The highest BCUT2D eigenvalue weighted by Gasteiger charge is 2.17. The Morgan fingerprint density at radius 3 is 2.25 bits per heavy atom. The largest absolute Gasteiger partial charge is 0.356 e. The van der Waals surface area contributed by atoms with Crippen LogP contribution in [0.3, 0.4) is 0 Å². The van der Waals surface area contributed by atoms with E-state index in [9.17, 15) is 10.1 Å². The van der Waals surface area contributed by atoms with Gasteiger partial charge in [0.1, 0.15) is 0 Å². The summed E-state index contributed by atoms with van der Waals surface area (Å²) in [5, 5.41) is 18.7. The summed E-state index contributed by atoms with van der Waals surface area (Å²) < 4.78 is 9.55. The van der Waals surface area contributed by atoms with Crippen LogP contribution in [0.1, 0.15) is 12.8 Å². The molecule has 0 radical (unpaired) electrons. The Morgan fingerprint density at radius 2 is 1.92 bits per heavy atom. The van der Waals surface area contributed by atoms with E-state index in [1.807, 2.05) is 0 Å². The van der Waals surface area contributed by atoms with Crippen molar-refractivity contribution in [2.75, 3.05) is 14.2 Å². The Bertz CT molecular complexity index is 136. The third-order valence-corrected chi connectivity index (χ3v) is 1.43. The number of rotatable bonds is 6. The Labute approximate surface area is 70.2 Å². The molecule has 0 aliphatic carbocycles. The Hall–Kier alpha value is -0.720. The van der Waals surface area contributed by atoms with Crippen molar-refractivity contribution in [2.45, 2.75) is 25.4 Å². The first-order valence-electron chi connectivity index (χ1n) is 3.49. The SMILES string of the molecule is COC(CCC(O)[N+](=O)[O-])OC. The van der Waals surface area contributed by atoms with Crippen LogP contribution >= 0.6 is 0 Å². The molecule has 6 nitrogen and oxygen atoms in total. The molecule has 0 spiro atoms. The van der Waals surface area contributed by atoms with Gasteiger partial charge in [-0.15, -0.1) is 0 Å². The van der Waals surface area contributed by atoms with Gasteiger partial charge in [0.05, 0.1) is 4.92 Å². The summed E-state index contributed by atoms with van der Waals surface area (Å²) in [6.45, 7) is 0. The lowest BCUT2D eigenvalue weighted by Gasteiger charge is -2.12. The Balaban J connectivity index is 3.58. The van der Waals surface area contributed by atoms with Gasteiger partial charge in [-0.2, -0.15) is 0 Å². The lowest BCUT2D eigenvalue weighted by Crippen LogP contribution is -2.22. The molecule has 12 heavy (non-hydrogen) atoms. The minimum absolute atomic E-state index is 0.0271. The second-order valence-electron chi connectivity index (χ2n) is 2.24. The van der Waals surface area contributed by atoms with Crippen LogP contribution in [0, 0.1) is 10.1 Å². The van der Waals surface area contributed by atoms with Crippen LogP contribution in [0.4, 0.5) is 0 Å². The van der Waals surface area contributed by atoms with Gasteiger partial charge in [-0.25, -0.2) is 0 Å². The minimum atomic E-state index is -1.53. The third-order valence-electron chi connectivity index (χ3n) is 1.43. The normalized spacial score (nSPS) is 13.3. The molecule has 1 atom stereocenters. The number of aliphatic hydroxyl groups excluding tert-OH is 1. The summed E-state index contributed by atoms with van der Waals surface area (Å²) in [7, 11) is 2.87. The molecular weight excluding hydrogens is 166 g/mol. The van der Waals surface area contributed by atoms with E-state index in [1.54, 1.807) is 0 Å². The second kappa shape index (κ2) is 5.87. The molecule has 0 aromatic carbocycles. The molecule has 0 aliphatic rings. The predicted molar refractivity (Wildman–Crippen MR) is 40.0 cm³/mol. The van der Waals surface area contributed by atoms with Crippen molar-refractivity contribution in [2.24, 2.45) is 0 Å². The number of ether oxygens (including phenoxy) is 2. The highest BCUT2D eigenvalue weighted by Crippen LogP contribution is 2.05. The van der Waals surface area contributed by atoms with Crippen molar-refractivity contribution >= 4 is 0 Å². The minimum Gasteiger partial charge on any atom is -0.356 e. The molecule has 0 bridgehead atoms. The van der Waals surface area contributed by atoms with Crippen molar-refractivity contribution < 1.29 is 19.5 Å². The van der Waals surface area contributed by atoms with Gasteiger partial charge in [-0.05, 0) is 0 Å². The summed E-state index contributed by atoms with van der Waals surface area (Å²) in [5.74, 6) is 0. The van der Waals surface area contributed by atoms with E-state index in [-0.39, 0.29) is 6.42 Å². The van der Waals surface area contributed by atoms with Crippen LogP contribution in [0.25, 0.3) is 0 Å². The van der Waals surface area contributed by atoms with Gasteiger partial charge in [-0.1, -0.05) is 0 Å². The van der Waals surface area contributed by atoms with Crippen LogP contribution < -0.4 is 0 Å². The van der Waals surface area contributed by atoms with Gasteiger partial charge in [0.2, 0.25) is 0 Å². The third kappa shape index (κ3) is 4.22. The van der Waals surface area contributed by atoms with Gasteiger partial charge in [0.15, 0.2) is 6.29 Å². The summed E-state index contributed by atoms with van der Waals surface area (Å²) in [6, 6.07) is 0. The molecule has 0 aromatic heterocycles. The smallest absolute Gasteiger partial charge is 0.313 e. The van der Waals surface area contributed by atoms with Gasteiger partial charge in [0.25, 0.3) is 0 Å². The first-order chi connectivity index (χ1) is 5.61. The molecule has 0 aromatic rings. The standard InChI is InChI=1S/C6H13NO5/c1-11-6(12-2)4-3-5(8)7(9)10/h5-6,8H,3-4H2,1-2H3. The van der Waals surface area contributed by atoms with Crippen molar-refractivity contribution in [3.05, 3.63) is 10.1 Å². The lowest BCUT2D eigenvalue weighted by molar-refractivity contribution is -0.571. The molecule has 1 unspecified atom stereocenters. The fourth-order valence-electron chi connectivity index (χ4n) is 0.722. The second-order valence-corrected chi connectivity index (χ2v) is 2.24. The fraction of sp³-hybridized carbons (Fsp3) is 1.00. The maximum atomic E-state index is 9.96. The average molecular weight is 179 g/mol. The molecule has 0 amide bonds. The van der Waals surface area contributed by atoms with E-state index >= 15 is 0 Å². The van der Waals surface area contributed by atoms with Crippen molar-refractivity contribution in [3.63, 3.8) is 0 Å². The lowest BCUT2D eigenvalue weighted by atomic mass is 10.3. The molecule has 6 heteroatoms. The number of nitro groups is 1. The Morgan fingerprint density at radius 1 is 1.42 bits per heavy atom. The zero-order chi connectivity index (χ0) is 9.56. The summed E-state index contributed by atoms with van der Waals surface area (Å²) in [6.07, 6.45) is -1.69. The molecule has 1 N–H and O–H groups in total. The highest BCUT2D eigenvalue weighted by molar-refractivity contribution is 4.46. The van der Waals surface area contributed by atoms with Crippen LogP contribution in [0.15, 0.2) is 0 Å². The molecule has 0 fully saturated rings. The van der Waals surface area contributed by atoms with E-state index in [2.05, 4.69) is 0 Å². The first-order valence-corrected chi connectivity index (χ1v) is 3.49. The number of nitrogens with zero attached hydrogens (tertiary/aromatic N) is 1. The van der Waals surface area contributed by atoms with E-state index in [0.717, 1.165) is 0 Å². The van der Waals surface area contributed by atoms with E-state index in [0.29, 0.717) is 6.42 Å². The van der Waals surface area contributed by atoms with Crippen LogP contribution in [-0.2, 0) is 9.47 Å². The van der Waals surface area contributed by atoms with E-state index in [4.69, 9.17) is 14.6 Å². The monoisotopic (exact) mass is 179 g/mol. The first kappa shape index (κ1) is 11.3. The molecule has 0 saturated heterocycles. The molecule has 0 aliphatic heterocycles. The molecule has 0 saturated carbocycles. The van der Waals surface area contributed by atoms with Crippen molar-refractivity contribution in [1.82, 2.24) is 0 Å². The molecular formula is C6H13NO5. The Kier molecular flexibility index (Phi) is 5.52. The van der Waals surface area contributed by atoms with Crippen molar-refractivity contribution in [3.8, 4) is 0 Å². The average Bonchev–Trinajstić information content (AvgIpc) is 2.05. The zero-order valence-corrected chi connectivity index (χ0v) is 7.10. The van der Waals surface area contributed by atoms with Crippen LogP contribution in [-0.4, -0.2) is 36.8 Å². The summed E-state index contributed by atoms with van der Waals surface area (Å²) in [4.78, 5) is 9.21. The predicted octanol–water partition coefficient (Wildman–Crippen LogP) is -0.0194. The van der Waals surface area contributed by atoms with Gasteiger partial charge >= 0.3 is 6.23 Å². The molecule has 72 valence electrons. The number of hydrogen-bond acceptors (Lipinski definition) is 5. The van der Waals surface area contributed by atoms with E-state index < -0.39 is 17.4 Å². The van der Waals surface area contributed by atoms with Crippen LogP contribution in [0.2, 0.25) is 0 Å². The quantitative estimate of drug-likeness (QED) is 0.352. The summed E-state index contributed by atoms with van der Waals surface area (Å²) >= 11 is 0. The van der Waals surface area contributed by atoms with Gasteiger partial charge in [-0.3, -0.25) is 10.1 Å². The molecule has 0 heterocycles. The van der Waals surface area contributed by atoms with Crippen molar-refractivity contribution in [1.29, 1.82) is 0 Å². The maximum absolute atomic E-state index is 9.96. The molecule has 0 rings (SSSR count).